The Morgan fingerprint density at radius 3 is 2.70 bits per heavy atom. The molecular formula is C12H15N3O3S2. The maximum atomic E-state index is 12.4. The van der Waals surface area contributed by atoms with Gasteiger partial charge in [-0.15, -0.1) is 11.3 Å². The van der Waals surface area contributed by atoms with Gasteiger partial charge in [-0.3, -0.25) is 0 Å². The van der Waals surface area contributed by atoms with E-state index in [1.165, 1.54) is 40.9 Å². The van der Waals surface area contributed by atoms with Crippen LogP contribution in [0.25, 0.3) is 0 Å². The first-order valence-corrected chi connectivity index (χ1v) is 8.08. The van der Waals surface area contributed by atoms with Crippen molar-refractivity contribution < 1.29 is 13.5 Å². The molecule has 3 N–H and O–H groups in total. The highest BCUT2D eigenvalue weighted by Crippen LogP contribution is 2.25. The van der Waals surface area contributed by atoms with Gasteiger partial charge >= 0.3 is 0 Å². The van der Waals surface area contributed by atoms with Crippen LogP contribution in [0.15, 0.2) is 28.5 Å². The number of aromatic hydroxyl groups is 1. The van der Waals surface area contributed by atoms with Crippen molar-refractivity contribution in [3.8, 4) is 5.75 Å². The Hall–Kier alpha value is -1.64. The molecule has 0 fully saturated rings. The number of thiazole rings is 1. The summed E-state index contributed by atoms with van der Waals surface area (Å²) in [5.74, 6) is -0.137. The molecule has 0 saturated heterocycles. The highest BCUT2D eigenvalue weighted by atomic mass is 32.2. The number of hydrogen-bond donors (Lipinski definition) is 2. The maximum absolute atomic E-state index is 12.4. The second-order valence-corrected chi connectivity index (χ2v) is 7.45. The van der Waals surface area contributed by atoms with Gasteiger partial charge in [0, 0.05) is 12.4 Å². The van der Waals surface area contributed by atoms with Crippen molar-refractivity contribution in [2.24, 2.45) is 0 Å². The van der Waals surface area contributed by atoms with E-state index < -0.39 is 10.0 Å². The molecule has 1 heterocycles. The number of benzene rings is 1. The van der Waals surface area contributed by atoms with Crippen LogP contribution in [0, 0.1) is 6.92 Å². The molecule has 1 aromatic carbocycles. The monoisotopic (exact) mass is 313 g/mol. The molecule has 6 nitrogen and oxygen atoms in total. The zero-order valence-electron chi connectivity index (χ0n) is 11.1. The normalized spacial score (nSPS) is 11.9. The third-order valence-electron chi connectivity index (χ3n) is 2.76. The minimum atomic E-state index is -3.66. The number of aromatic nitrogens is 1. The van der Waals surface area contributed by atoms with Crippen LogP contribution in [-0.4, -0.2) is 29.9 Å². The Balaban J connectivity index is 2.27. The van der Waals surface area contributed by atoms with Gasteiger partial charge in [0.05, 0.1) is 27.8 Å². The van der Waals surface area contributed by atoms with Gasteiger partial charge in [-0.2, -0.15) is 4.31 Å². The zero-order valence-corrected chi connectivity index (χ0v) is 12.7. The van der Waals surface area contributed by atoms with Crippen LogP contribution in [0.5, 0.6) is 5.75 Å². The lowest BCUT2D eigenvalue weighted by atomic mass is 10.3. The van der Waals surface area contributed by atoms with Gasteiger partial charge in [-0.1, -0.05) is 0 Å². The van der Waals surface area contributed by atoms with Crippen molar-refractivity contribution in [3.63, 3.8) is 0 Å². The minimum Gasteiger partial charge on any atom is -0.506 e. The number of aryl methyl sites for hydroxylation is 1. The first kappa shape index (κ1) is 14.8. The number of sulfonamides is 1. The Morgan fingerprint density at radius 2 is 2.15 bits per heavy atom. The van der Waals surface area contributed by atoms with Gasteiger partial charge in [0.1, 0.15) is 5.75 Å². The van der Waals surface area contributed by atoms with Gasteiger partial charge in [-0.25, -0.2) is 13.4 Å². The predicted octanol–water partition coefficient (Wildman–Crippen LogP) is 1.56. The van der Waals surface area contributed by atoms with E-state index in [1.807, 2.05) is 12.3 Å². The number of nitrogen functional groups attached to an aromatic ring is 1. The summed E-state index contributed by atoms with van der Waals surface area (Å²) in [5.41, 5.74) is 6.26. The zero-order chi connectivity index (χ0) is 14.9. The van der Waals surface area contributed by atoms with E-state index in [9.17, 15) is 13.5 Å². The summed E-state index contributed by atoms with van der Waals surface area (Å²) in [7, 11) is -2.18. The Morgan fingerprint density at radius 1 is 1.45 bits per heavy atom. The van der Waals surface area contributed by atoms with Crippen LogP contribution < -0.4 is 5.73 Å². The summed E-state index contributed by atoms with van der Waals surface area (Å²) >= 11 is 1.47. The number of anilines is 1. The largest absolute Gasteiger partial charge is 0.506 e. The Kier molecular flexibility index (Phi) is 3.98. The lowest BCUT2D eigenvalue weighted by Gasteiger charge is -2.16. The molecule has 0 spiro atoms. The van der Waals surface area contributed by atoms with Gasteiger partial charge < -0.3 is 10.8 Å². The average molecular weight is 313 g/mol. The van der Waals surface area contributed by atoms with Crippen LogP contribution in [0.4, 0.5) is 5.69 Å². The van der Waals surface area contributed by atoms with Crippen molar-refractivity contribution >= 4 is 27.0 Å². The van der Waals surface area contributed by atoms with E-state index in [-0.39, 0.29) is 22.9 Å². The molecule has 108 valence electrons. The van der Waals surface area contributed by atoms with Gasteiger partial charge in [-0.05, 0) is 25.1 Å². The SMILES string of the molecule is Cc1nc(CN(C)S(=O)(=O)c2ccc(O)c(N)c2)cs1. The number of nitrogens with two attached hydrogens (primary N) is 1. The number of hydrogen-bond acceptors (Lipinski definition) is 6. The summed E-state index contributed by atoms with van der Waals surface area (Å²) < 4.78 is 25.9. The molecule has 0 aliphatic heterocycles. The summed E-state index contributed by atoms with van der Waals surface area (Å²) in [6, 6.07) is 3.83. The van der Waals surface area contributed by atoms with E-state index in [0.29, 0.717) is 5.69 Å². The van der Waals surface area contributed by atoms with E-state index in [1.54, 1.807) is 0 Å². The van der Waals surface area contributed by atoms with E-state index in [0.717, 1.165) is 5.01 Å². The lowest BCUT2D eigenvalue weighted by Crippen LogP contribution is -2.26. The predicted molar refractivity (Wildman–Crippen MR) is 78.0 cm³/mol. The Labute approximate surface area is 121 Å². The standard InChI is InChI=1S/C12H15N3O3S2/c1-8-14-9(7-19-8)6-15(2)20(17,18)10-3-4-12(16)11(13)5-10/h3-5,7,16H,6,13H2,1-2H3. The summed E-state index contributed by atoms with van der Waals surface area (Å²) in [4.78, 5) is 4.28. The van der Waals surface area contributed by atoms with Crippen molar-refractivity contribution in [2.45, 2.75) is 18.4 Å². The molecule has 20 heavy (non-hydrogen) atoms. The molecule has 0 amide bonds. The molecule has 0 bridgehead atoms. The quantitative estimate of drug-likeness (QED) is 0.659. The summed E-state index contributed by atoms with van der Waals surface area (Å²) in [5, 5.41) is 12.1. The second kappa shape index (κ2) is 5.39. The van der Waals surface area contributed by atoms with Gasteiger partial charge in [0.25, 0.3) is 0 Å². The topological polar surface area (TPSA) is 96.5 Å². The molecule has 0 unspecified atom stereocenters. The second-order valence-electron chi connectivity index (χ2n) is 4.34. The van der Waals surface area contributed by atoms with E-state index in [2.05, 4.69) is 4.98 Å². The fourth-order valence-electron chi connectivity index (χ4n) is 1.67. The molecule has 0 aliphatic carbocycles. The van der Waals surface area contributed by atoms with Gasteiger partial charge in [0.15, 0.2) is 0 Å². The molecule has 0 atom stereocenters. The molecule has 0 radical (unpaired) electrons. The smallest absolute Gasteiger partial charge is 0.243 e. The molecule has 2 aromatic rings. The highest BCUT2D eigenvalue weighted by molar-refractivity contribution is 7.89. The molecule has 1 aromatic heterocycles. The van der Waals surface area contributed by atoms with E-state index in [4.69, 9.17) is 5.73 Å². The van der Waals surface area contributed by atoms with Crippen molar-refractivity contribution in [2.75, 3.05) is 12.8 Å². The number of phenols is 1. The van der Waals surface area contributed by atoms with E-state index >= 15 is 0 Å². The fourth-order valence-corrected chi connectivity index (χ4v) is 3.45. The van der Waals surface area contributed by atoms with Crippen LogP contribution in [-0.2, 0) is 16.6 Å². The first-order chi connectivity index (χ1) is 9.30. The van der Waals surface area contributed by atoms with Crippen molar-refractivity contribution in [3.05, 3.63) is 34.3 Å². The number of nitrogens with zero attached hydrogens (tertiary/aromatic N) is 2. The molecule has 2 rings (SSSR count). The summed E-state index contributed by atoms with van der Waals surface area (Å²) in [6.07, 6.45) is 0. The lowest BCUT2D eigenvalue weighted by molar-refractivity contribution is 0.461. The Bertz CT molecular complexity index is 725. The third kappa shape index (κ3) is 2.92. The third-order valence-corrected chi connectivity index (χ3v) is 5.38. The summed E-state index contributed by atoms with van der Waals surface area (Å²) in [6.45, 7) is 2.05. The number of rotatable bonds is 4. The minimum absolute atomic E-state index is 0.0315. The van der Waals surface area contributed by atoms with Crippen LogP contribution in [0.1, 0.15) is 10.7 Å². The molecular weight excluding hydrogens is 298 g/mol. The van der Waals surface area contributed by atoms with Crippen LogP contribution >= 0.6 is 11.3 Å². The van der Waals surface area contributed by atoms with Crippen LogP contribution in [0.3, 0.4) is 0 Å². The molecule has 0 saturated carbocycles. The fraction of sp³-hybridized carbons (Fsp3) is 0.250. The number of phenolic OH excluding ortho intramolecular Hbond substituents is 1. The van der Waals surface area contributed by atoms with Crippen molar-refractivity contribution in [1.29, 1.82) is 0 Å². The highest BCUT2D eigenvalue weighted by Gasteiger charge is 2.22. The first-order valence-electron chi connectivity index (χ1n) is 5.76. The van der Waals surface area contributed by atoms with Gasteiger partial charge in [0.2, 0.25) is 10.0 Å². The average Bonchev–Trinajstić information content (AvgIpc) is 2.78. The van der Waals surface area contributed by atoms with Crippen molar-refractivity contribution in [1.82, 2.24) is 9.29 Å². The maximum Gasteiger partial charge on any atom is 0.243 e. The molecule has 8 heteroatoms. The van der Waals surface area contributed by atoms with Crippen LogP contribution in [0.2, 0.25) is 0 Å². The molecule has 0 aliphatic rings.